The van der Waals surface area contributed by atoms with Crippen LogP contribution in [0.1, 0.15) is 25.3 Å². The second kappa shape index (κ2) is 9.17. The Bertz CT molecular complexity index is 589. The Morgan fingerprint density at radius 3 is 2.59 bits per heavy atom. The van der Waals surface area contributed by atoms with Gasteiger partial charge < -0.3 is 5.32 Å². The van der Waals surface area contributed by atoms with E-state index in [1.807, 2.05) is 18.2 Å². The van der Waals surface area contributed by atoms with Crippen molar-refractivity contribution in [2.24, 2.45) is 0 Å². The van der Waals surface area contributed by atoms with Gasteiger partial charge in [-0.2, -0.15) is 0 Å². The SMILES string of the molecule is CCSc1nnc(SCC(=O)NC[C@@H](C)c2ccccc2)s1. The van der Waals surface area contributed by atoms with E-state index in [9.17, 15) is 4.79 Å². The molecule has 1 amide bonds. The maximum absolute atomic E-state index is 11.9. The zero-order chi connectivity index (χ0) is 15.8. The lowest BCUT2D eigenvalue weighted by Gasteiger charge is -2.12. The van der Waals surface area contributed by atoms with Gasteiger partial charge in [-0.3, -0.25) is 4.79 Å². The predicted octanol–water partition coefficient (Wildman–Crippen LogP) is 3.66. The van der Waals surface area contributed by atoms with Gasteiger partial charge in [0.25, 0.3) is 0 Å². The summed E-state index contributed by atoms with van der Waals surface area (Å²) in [5.74, 6) is 1.71. The first-order valence-corrected chi connectivity index (χ1v) is 9.88. The van der Waals surface area contributed by atoms with Gasteiger partial charge in [0, 0.05) is 6.54 Å². The number of nitrogens with one attached hydrogen (secondary N) is 1. The van der Waals surface area contributed by atoms with Gasteiger partial charge in [0.1, 0.15) is 0 Å². The lowest BCUT2D eigenvalue weighted by Crippen LogP contribution is -2.28. The second-order valence-corrected chi connectivity index (χ2v) is 8.38. The summed E-state index contributed by atoms with van der Waals surface area (Å²) < 4.78 is 1.81. The third kappa shape index (κ3) is 5.62. The van der Waals surface area contributed by atoms with Crippen LogP contribution in [0.5, 0.6) is 0 Å². The van der Waals surface area contributed by atoms with E-state index >= 15 is 0 Å². The summed E-state index contributed by atoms with van der Waals surface area (Å²) in [4.78, 5) is 11.9. The minimum atomic E-state index is 0.0349. The van der Waals surface area contributed by atoms with Gasteiger partial charge in [-0.05, 0) is 17.2 Å². The standard InChI is InChI=1S/C15H19N3OS3/c1-3-20-14-17-18-15(22-14)21-10-13(19)16-9-11(2)12-7-5-4-6-8-12/h4-8,11H,3,9-10H2,1-2H3,(H,16,19)/t11-/m1/s1. The highest BCUT2D eigenvalue weighted by Gasteiger charge is 2.10. The van der Waals surface area contributed by atoms with Gasteiger partial charge in [0.05, 0.1) is 5.75 Å². The van der Waals surface area contributed by atoms with Crippen LogP contribution in [0.25, 0.3) is 0 Å². The van der Waals surface area contributed by atoms with Crippen molar-refractivity contribution in [2.75, 3.05) is 18.1 Å². The molecule has 0 saturated heterocycles. The normalized spacial score (nSPS) is 12.1. The van der Waals surface area contributed by atoms with E-state index in [1.54, 1.807) is 23.1 Å². The molecular formula is C15H19N3OS3. The summed E-state index contributed by atoms with van der Waals surface area (Å²) in [7, 11) is 0. The number of rotatable bonds is 8. The van der Waals surface area contributed by atoms with Crippen molar-refractivity contribution >= 4 is 40.8 Å². The largest absolute Gasteiger partial charge is 0.355 e. The minimum absolute atomic E-state index is 0.0349. The van der Waals surface area contributed by atoms with Crippen LogP contribution in [-0.4, -0.2) is 34.2 Å². The molecule has 22 heavy (non-hydrogen) atoms. The van der Waals surface area contributed by atoms with E-state index in [2.05, 4.69) is 41.5 Å². The number of carbonyl (C=O) groups excluding carboxylic acids is 1. The number of benzene rings is 1. The highest BCUT2D eigenvalue weighted by Crippen LogP contribution is 2.28. The van der Waals surface area contributed by atoms with Crippen molar-refractivity contribution in [3.05, 3.63) is 35.9 Å². The van der Waals surface area contributed by atoms with Gasteiger partial charge in [0.2, 0.25) is 5.91 Å². The van der Waals surface area contributed by atoms with E-state index in [-0.39, 0.29) is 5.91 Å². The van der Waals surface area contributed by atoms with Crippen LogP contribution >= 0.6 is 34.9 Å². The van der Waals surface area contributed by atoms with Gasteiger partial charge in [-0.1, -0.05) is 79.0 Å². The van der Waals surface area contributed by atoms with Gasteiger partial charge in [0.15, 0.2) is 8.68 Å². The van der Waals surface area contributed by atoms with Crippen LogP contribution in [0.3, 0.4) is 0 Å². The van der Waals surface area contributed by atoms with E-state index in [4.69, 9.17) is 0 Å². The lowest BCUT2D eigenvalue weighted by atomic mass is 10.0. The molecule has 1 N–H and O–H groups in total. The molecule has 2 aromatic rings. The number of amides is 1. The number of hydrogen-bond donors (Lipinski definition) is 1. The third-order valence-electron chi connectivity index (χ3n) is 2.96. The Morgan fingerprint density at radius 1 is 1.23 bits per heavy atom. The van der Waals surface area contributed by atoms with Crippen LogP contribution < -0.4 is 5.32 Å². The van der Waals surface area contributed by atoms with E-state index in [0.29, 0.717) is 18.2 Å². The Kier molecular flexibility index (Phi) is 7.21. The molecule has 0 aliphatic heterocycles. The topological polar surface area (TPSA) is 54.9 Å². The highest BCUT2D eigenvalue weighted by atomic mass is 32.2. The first kappa shape index (κ1) is 17.3. The fourth-order valence-electron chi connectivity index (χ4n) is 1.78. The van der Waals surface area contributed by atoms with Gasteiger partial charge in [-0.15, -0.1) is 10.2 Å². The lowest BCUT2D eigenvalue weighted by molar-refractivity contribution is -0.118. The quantitative estimate of drug-likeness (QED) is 0.734. The number of hydrogen-bond acceptors (Lipinski definition) is 6. The number of thioether (sulfide) groups is 2. The van der Waals surface area contributed by atoms with Crippen molar-refractivity contribution in [1.29, 1.82) is 0 Å². The van der Waals surface area contributed by atoms with Crippen LogP contribution in [-0.2, 0) is 4.79 Å². The van der Waals surface area contributed by atoms with E-state index < -0.39 is 0 Å². The van der Waals surface area contributed by atoms with Crippen LogP contribution in [0, 0.1) is 0 Å². The summed E-state index contributed by atoms with van der Waals surface area (Å²) >= 11 is 4.66. The molecular weight excluding hydrogens is 334 g/mol. The first-order chi connectivity index (χ1) is 10.7. The summed E-state index contributed by atoms with van der Waals surface area (Å²) in [6, 6.07) is 10.2. The van der Waals surface area contributed by atoms with Crippen LogP contribution in [0.2, 0.25) is 0 Å². The molecule has 1 heterocycles. The van der Waals surface area contributed by atoms with Crippen molar-refractivity contribution in [2.45, 2.75) is 28.4 Å². The fraction of sp³-hybridized carbons (Fsp3) is 0.400. The summed E-state index contributed by atoms with van der Waals surface area (Å²) in [5, 5.41) is 11.1. The molecule has 0 radical (unpaired) electrons. The summed E-state index contributed by atoms with van der Waals surface area (Å²) in [6.07, 6.45) is 0. The molecule has 4 nitrogen and oxygen atoms in total. The zero-order valence-corrected chi connectivity index (χ0v) is 15.1. The second-order valence-electron chi connectivity index (χ2n) is 4.67. The molecule has 0 fully saturated rings. The number of aromatic nitrogens is 2. The molecule has 0 aliphatic carbocycles. The maximum atomic E-state index is 11.9. The Morgan fingerprint density at radius 2 is 1.91 bits per heavy atom. The Hall–Kier alpha value is -1.05. The minimum Gasteiger partial charge on any atom is -0.355 e. The van der Waals surface area contributed by atoms with E-state index in [1.165, 1.54) is 17.3 Å². The maximum Gasteiger partial charge on any atom is 0.230 e. The summed E-state index contributed by atoms with van der Waals surface area (Å²) in [5.41, 5.74) is 1.24. The molecule has 0 unspecified atom stereocenters. The molecule has 0 bridgehead atoms. The Balaban J connectivity index is 1.71. The molecule has 2 rings (SSSR count). The average molecular weight is 354 g/mol. The molecule has 118 valence electrons. The molecule has 1 atom stereocenters. The zero-order valence-electron chi connectivity index (χ0n) is 12.6. The molecule has 7 heteroatoms. The first-order valence-electron chi connectivity index (χ1n) is 7.09. The molecule has 1 aromatic heterocycles. The number of nitrogens with zero attached hydrogens (tertiary/aromatic N) is 2. The van der Waals surface area contributed by atoms with Gasteiger partial charge in [-0.25, -0.2) is 0 Å². The number of carbonyl (C=O) groups is 1. The monoisotopic (exact) mass is 353 g/mol. The highest BCUT2D eigenvalue weighted by molar-refractivity contribution is 8.03. The van der Waals surface area contributed by atoms with Crippen molar-refractivity contribution in [3.8, 4) is 0 Å². The molecule has 1 aromatic carbocycles. The average Bonchev–Trinajstić information content (AvgIpc) is 2.99. The fourth-order valence-corrected chi connectivity index (χ4v) is 4.53. The summed E-state index contributed by atoms with van der Waals surface area (Å²) in [6.45, 7) is 4.85. The Labute approximate surface area is 143 Å². The smallest absolute Gasteiger partial charge is 0.230 e. The predicted molar refractivity (Wildman–Crippen MR) is 94.9 cm³/mol. The molecule has 0 saturated carbocycles. The van der Waals surface area contributed by atoms with Crippen LogP contribution in [0.15, 0.2) is 39.0 Å². The van der Waals surface area contributed by atoms with Gasteiger partial charge >= 0.3 is 0 Å². The molecule has 0 spiro atoms. The van der Waals surface area contributed by atoms with Crippen LogP contribution in [0.4, 0.5) is 0 Å². The third-order valence-corrected chi connectivity index (χ3v) is 6.03. The van der Waals surface area contributed by atoms with Crippen molar-refractivity contribution < 1.29 is 4.79 Å². The van der Waals surface area contributed by atoms with Crippen molar-refractivity contribution in [1.82, 2.24) is 15.5 Å². The van der Waals surface area contributed by atoms with Crippen molar-refractivity contribution in [3.63, 3.8) is 0 Å². The molecule has 0 aliphatic rings. The van der Waals surface area contributed by atoms with E-state index in [0.717, 1.165) is 14.4 Å².